The third-order valence-electron chi connectivity index (χ3n) is 2.85. The van der Waals surface area contributed by atoms with E-state index in [0.29, 0.717) is 16.9 Å². The van der Waals surface area contributed by atoms with Gasteiger partial charge in [-0.1, -0.05) is 12.1 Å². The van der Waals surface area contributed by atoms with Crippen molar-refractivity contribution in [3.63, 3.8) is 0 Å². The summed E-state index contributed by atoms with van der Waals surface area (Å²) in [4.78, 5) is 0. The Morgan fingerprint density at radius 3 is 1.96 bits per heavy atom. The lowest BCUT2D eigenvalue weighted by Crippen LogP contribution is -2.22. The lowest BCUT2D eigenvalue weighted by Gasteiger charge is -2.08. The predicted molar refractivity (Wildman–Crippen MR) is 81.2 cm³/mol. The van der Waals surface area contributed by atoms with Crippen LogP contribution in [0.2, 0.25) is 0 Å². The number of primary sulfonamides is 1. The molecule has 0 bridgehead atoms. The fourth-order valence-corrected chi connectivity index (χ4v) is 4.91. The molecule has 0 aliphatic heterocycles. The van der Waals surface area contributed by atoms with Crippen LogP contribution >= 0.6 is 11.3 Å². The van der Waals surface area contributed by atoms with Gasteiger partial charge in [0.1, 0.15) is 8.42 Å². The van der Waals surface area contributed by atoms with Crippen LogP contribution in [0.25, 0.3) is 0 Å². The molecule has 0 spiro atoms. The highest BCUT2D eigenvalue weighted by Crippen LogP contribution is 2.29. The van der Waals surface area contributed by atoms with Crippen LogP contribution in [0.3, 0.4) is 0 Å². The van der Waals surface area contributed by atoms with Crippen LogP contribution in [-0.2, 0) is 32.8 Å². The van der Waals surface area contributed by atoms with Gasteiger partial charge in [0, 0.05) is 6.54 Å². The summed E-state index contributed by atoms with van der Waals surface area (Å²) >= 11 is 0.476. The molecule has 6 nitrogen and oxygen atoms in total. The quantitative estimate of drug-likeness (QED) is 0.799. The molecule has 1 aromatic heterocycles. The fourth-order valence-electron chi connectivity index (χ4n) is 1.66. The smallest absolute Gasteiger partial charge is 0.224 e. The molecule has 12 heteroatoms. The zero-order valence-corrected chi connectivity index (χ0v) is 14.2. The normalized spacial score (nSPS) is 13.2. The molecule has 0 atom stereocenters. The Morgan fingerprint density at radius 1 is 0.958 bits per heavy atom. The Bertz CT molecular complexity index is 933. The third kappa shape index (κ3) is 4.54. The van der Waals surface area contributed by atoms with Crippen molar-refractivity contribution in [2.45, 2.75) is 21.1 Å². The van der Waals surface area contributed by atoms with Crippen LogP contribution in [0.1, 0.15) is 11.1 Å². The van der Waals surface area contributed by atoms with Crippen LogP contribution < -0.4 is 9.86 Å². The van der Waals surface area contributed by atoms with E-state index in [1.165, 1.54) is 0 Å². The van der Waals surface area contributed by atoms with E-state index in [4.69, 9.17) is 5.14 Å². The molecular formula is C12H11F3N2O4S3. The maximum absolute atomic E-state index is 12.4. The number of rotatable bonds is 5. The summed E-state index contributed by atoms with van der Waals surface area (Å²) in [5.41, 5.74) is -0.528. The number of benzene rings is 1. The monoisotopic (exact) mass is 400 g/mol. The summed E-state index contributed by atoms with van der Waals surface area (Å²) < 4.78 is 85.3. The first-order chi connectivity index (χ1) is 10.9. The highest BCUT2D eigenvalue weighted by Gasteiger charge is 2.30. The zero-order valence-electron chi connectivity index (χ0n) is 11.7. The molecule has 0 unspecified atom stereocenters. The van der Waals surface area contributed by atoms with Crippen molar-refractivity contribution in [1.29, 1.82) is 0 Å². The molecule has 0 saturated heterocycles. The Hall–Kier alpha value is -1.47. The van der Waals surface area contributed by atoms with Crippen molar-refractivity contribution in [2.75, 3.05) is 0 Å². The number of alkyl halides is 3. The molecule has 0 saturated carbocycles. The van der Waals surface area contributed by atoms with Gasteiger partial charge in [-0.3, -0.25) is 0 Å². The van der Waals surface area contributed by atoms with Gasteiger partial charge in [0.15, 0.2) is 0 Å². The SMILES string of the molecule is NS(=O)(=O)c1ccc(S(=O)(=O)NCc2ccc(C(F)(F)F)cc2)s1. The topological polar surface area (TPSA) is 106 Å². The van der Waals surface area contributed by atoms with E-state index in [1.54, 1.807) is 0 Å². The van der Waals surface area contributed by atoms with Crippen molar-refractivity contribution >= 4 is 31.4 Å². The highest BCUT2D eigenvalue weighted by atomic mass is 32.3. The number of nitrogens with one attached hydrogen (secondary N) is 1. The summed E-state index contributed by atoms with van der Waals surface area (Å²) in [5, 5.41) is 4.90. The average molecular weight is 400 g/mol. The van der Waals surface area contributed by atoms with Gasteiger partial charge >= 0.3 is 6.18 Å². The molecule has 2 rings (SSSR count). The molecule has 132 valence electrons. The Balaban J connectivity index is 2.12. The number of hydrogen-bond acceptors (Lipinski definition) is 5. The number of sulfonamides is 2. The number of halogens is 3. The minimum Gasteiger partial charge on any atom is -0.224 e. The van der Waals surface area contributed by atoms with Gasteiger partial charge < -0.3 is 0 Å². The fraction of sp³-hybridized carbons (Fsp3) is 0.167. The minimum absolute atomic E-state index is 0.247. The maximum atomic E-state index is 12.4. The van der Waals surface area contributed by atoms with Crippen LogP contribution in [0, 0.1) is 0 Å². The molecule has 2 aromatic rings. The van der Waals surface area contributed by atoms with Gasteiger partial charge in [-0.05, 0) is 29.8 Å². The third-order valence-corrected chi connectivity index (χ3v) is 7.27. The maximum Gasteiger partial charge on any atom is 0.416 e. The first-order valence-electron chi connectivity index (χ1n) is 6.18. The summed E-state index contributed by atoms with van der Waals surface area (Å²) in [6.45, 7) is -0.247. The minimum atomic E-state index is -4.47. The number of hydrogen-bond donors (Lipinski definition) is 2. The highest BCUT2D eigenvalue weighted by molar-refractivity contribution is 7.94. The van der Waals surface area contributed by atoms with E-state index >= 15 is 0 Å². The number of thiophene rings is 1. The lowest BCUT2D eigenvalue weighted by molar-refractivity contribution is -0.137. The van der Waals surface area contributed by atoms with Crippen molar-refractivity contribution in [1.82, 2.24) is 4.72 Å². The molecule has 1 heterocycles. The number of nitrogens with two attached hydrogens (primary N) is 1. The van der Waals surface area contributed by atoms with Crippen molar-refractivity contribution in [3.05, 3.63) is 47.5 Å². The second-order valence-corrected chi connectivity index (χ2v) is 9.50. The van der Waals surface area contributed by atoms with Gasteiger partial charge in [-0.15, -0.1) is 11.3 Å². The average Bonchev–Trinajstić information content (AvgIpc) is 2.95. The molecule has 3 N–H and O–H groups in total. The van der Waals surface area contributed by atoms with E-state index in [0.717, 1.165) is 36.4 Å². The molecule has 0 aliphatic carbocycles. The zero-order chi connectivity index (χ0) is 18.2. The van der Waals surface area contributed by atoms with Crippen molar-refractivity contribution in [3.8, 4) is 0 Å². The molecule has 0 fully saturated rings. The first-order valence-corrected chi connectivity index (χ1v) is 10.0. The molecule has 0 amide bonds. The van der Waals surface area contributed by atoms with Crippen LogP contribution in [0.15, 0.2) is 44.8 Å². The van der Waals surface area contributed by atoms with Crippen LogP contribution in [-0.4, -0.2) is 16.8 Å². The van der Waals surface area contributed by atoms with E-state index in [9.17, 15) is 30.0 Å². The van der Waals surface area contributed by atoms with E-state index in [2.05, 4.69) is 4.72 Å². The standard InChI is InChI=1S/C12H11F3N2O4S3/c13-12(14,15)9-3-1-8(2-4-9)7-17-24(20,21)11-6-5-10(22-11)23(16,18)19/h1-6,17H,7H2,(H2,16,18,19). The van der Waals surface area contributed by atoms with Crippen LogP contribution in [0.4, 0.5) is 13.2 Å². The molecule has 0 radical (unpaired) electrons. The Labute approximate surface area is 140 Å². The van der Waals surface area contributed by atoms with Gasteiger partial charge in [0.25, 0.3) is 0 Å². The van der Waals surface area contributed by atoms with Gasteiger partial charge in [0.05, 0.1) is 5.56 Å². The molecular weight excluding hydrogens is 389 g/mol. The van der Waals surface area contributed by atoms with Gasteiger partial charge in [-0.25, -0.2) is 26.7 Å². The lowest BCUT2D eigenvalue weighted by atomic mass is 10.1. The van der Waals surface area contributed by atoms with Crippen LogP contribution in [0.5, 0.6) is 0 Å². The van der Waals surface area contributed by atoms with Gasteiger partial charge in [0.2, 0.25) is 20.0 Å². The summed E-state index contributed by atoms with van der Waals surface area (Å²) in [7, 11) is -8.02. The second-order valence-electron chi connectivity index (χ2n) is 4.64. The summed E-state index contributed by atoms with van der Waals surface area (Å²) in [5.74, 6) is 0. The second kappa shape index (κ2) is 6.44. The molecule has 0 aliphatic rings. The molecule has 24 heavy (non-hydrogen) atoms. The van der Waals surface area contributed by atoms with E-state index < -0.39 is 31.8 Å². The predicted octanol–water partition coefficient (Wildman–Crippen LogP) is 1.89. The van der Waals surface area contributed by atoms with E-state index in [-0.39, 0.29) is 15.0 Å². The summed E-state index contributed by atoms with van der Waals surface area (Å²) in [6, 6.07) is 6.12. The van der Waals surface area contributed by atoms with Gasteiger partial charge in [-0.2, -0.15) is 13.2 Å². The Kier molecular flexibility index (Phi) is 5.06. The van der Waals surface area contributed by atoms with Crippen molar-refractivity contribution < 1.29 is 30.0 Å². The Morgan fingerprint density at radius 2 is 1.50 bits per heavy atom. The van der Waals surface area contributed by atoms with E-state index in [1.807, 2.05) is 0 Å². The summed E-state index contributed by atoms with van der Waals surface area (Å²) in [6.07, 6.45) is -4.47. The molecule has 1 aromatic carbocycles. The van der Waals surface area contributed by atoms with Crippen molar-refractivity contribution in [2.24, 2.45) is 5.14 Å². The first kappa shape index (κ1) is 18.9. The largest absolute Gasteiger partial charge is 0.416 e.